The van der Waals surface area contributed by atoms with Gasteiger partial charge in [-0.15, -0.1) is 0 Å². The maximum Gasteiger partial charge on any atom is 0.293 e. The van der Waals surface area contributed by atoms with Gasteiger partial charge in [-0.1, -0.05) is 29.8 Å². The van der Waals surface area contributed by atoms with Crippen LogP contribution >= 0.6 is 11.8 Å². The van der Waals surface area contributed by atoms with Gasteiger partial charge in [0.25, 0.3) is 16.8 Å². The van der Waals surface area contributed by atoms with Crippen molar-refractivity contribution in [1.29, 1.82) is 0 Å². The van der Waals surface area contributed by atoms with E-state index in [1.807, 2.05) is 19.1 Å². The summed E-state index contributed by atoms with van der Waals surface area (Å²) in [6, 6.07) is 13.1. The molecule has 148 valence electrons. The molecule has 1 aliphatic heterocycles. The zero-order chi connectivity index (χ0) is 21.0. The molecule has 2 aromatic rings. The van der Waals surface area contributed by atoms with Gasteiger partial charge < -0.3 is 5.32 Å². The fourth-order valence-electron chi connectivity index (χ4n) is 2.65. The third-order valence-corrected chi connectivity index (χ3v) is 5.06. The molecule has 1 saturated heterocycles. The highest BCUT2D eigenvalue weighted by atomic mass is 32.2. The van der Waals surface area contributed by atoms with Gasteiger partial charge in [0.15, 0.2) is 0 Å². The van der Waals surface area contributed by atoms with E-state index in [4.69, 9.17) is 0 Å². The maximum absolute atomic E-state index is 12.5. The highest BCUT2D eigenvalue weighted by Crippen LogP contribution is 2.32. The van der Waals surface area contributed by atoms with Crippen LogP contribution in [0, 0.1) is 17.0 Å². The van der Waals surface area contributed by atoms with Crippen LogP contribution in [0.15, 0.2) is 53.4 Å². The van der Waals surface area contributed by atoms with Gasteiger partial charge in [0.1, 0.15) is 0 Å². The summed E-state index contributed by atoms with van der Waals surface area (Å²) >= 11 is 0.745. The highest BCUT2D eigenvalue weighted by molar-refractivity contribution is 8.18. The van der Waals surface area contributed by atoms with Crippen molar-refractivity contribution in [3.8, 4) is 0 Å². The number of non-ortho nitro benzene ring substituents is 1. The lowest BCUT2D eigenvalue weighted by Gasteiger charge is -2.12. The standard InChI is InChI=1S/C20H17N3O5S/c1-13-5-7-15(8-6-13)21-18(24)9-10-22-19(25)17(29-20(22)26)12-14-3-2-4-16(11-14)23(27)28/h2-8,11-12H,9-10H2,1H3,(H,21,24)/b17-12+. The first-order valence-electron chi connectivity index (χ1n) is 8.70. The Labute approximate surface area is 170 Å². The van der Waals surface area contributed by atoms with Crippen LogP contribution in [0.5, 0.6) is 0 Å². The predicted octanol–water partition coefficient (Wildman–Crippen LogP) is 3.97. The molecule has 1 fully saturated rings. The number of nitro groups is 1. The molecular formula is C20H17N3O5S. The minimum absolute atomic E-state index is 0.0317. The molecule has 8 nitrogen and oxygen atoms in total. The van der Waals surface area contributed by atoms with E-state index in [-0.39, 0.29) is 29.5 Å². The molecule has 0 radical (unpaired) electrons. The summed E-state index contributed by atoms with van der Waals surface area (Å²) in [5, 5.41) is 13.1. The quantitative estimate of drug-likeness (QED) is 0.438. The van der Waals surface area contributed by atoms with Crippen LogP contribution in [0.1, 0.15) is 17.5 Å². The molecule has 0 aromatic heterocycles. The lowest BCUT2D eigenvalue weighted by atomic mass is 10.2. The summed E-state index contributed by atoms with van der Waals surface area (Å²) in [5.41, 5.74) is 2.05. The smallest absolute Gasteiger partial charge is 0.293 e. The van der Waals surface area contributed by atoms with E-state index in [1.54, 1.807) is 18.2 Å². The van der Waals surface area contributed by atoms with Gasteiger partial charge in [0.05, 0.1) is 9.83 Å². The van der Waals surface area contributed by atoms with Gasteiger partial charge in [-0.25, -0.2) is 0 Å². The second kappa shape index (κ2) is 8.70. The summed E-state index contributed by atoms with van der Waals surface area (Å²) < 4.78 is 0. The third kappa shape index (κ3) is 5.08. The first kappa shape index (κ1) is 20.3. The van der Waals surface area contributed by atoms with Crippen molar-refractivity contribution >= 4 is 46.3 Å². The van der Waals surface area contributed by atoms with E-state index >= 15 is 0 Å². The molecule has 0 bridgehead atoms. The monoisotopic (exact) mass is 411 g/mol. The minimum Gasteiger partial charge on any atom is -0.326 e. The van der Waals surface area contributed by atoms with Gasteiger partial charge in [-0.2, -0.15) is 0 Å². The van der Waals surface area contributed by atoms with Crippen LogP contribution < -0.4 is 5.32 Å². The van der Waals surface area contributed by atoms with E-state index in [9.17, 15) is 24.5 Å². The summed E-state index contributed by atoms with van der Waals surface area (Å²) in [4.78, 5) is 48.2. The van der Waals surface area contributed by atoms with Crippen molar-refractivity contribution in [3.63, 3.8) is 0 Å². The first-order valence-corrected chi connectivity index (χ1v) is 9.51. The first-order chi connectivity index (χ1) is 13.8. The Bertz CT molecular complexity index is 1020. The van der Waals surface area contributed by atoms with E-state index in [2.05, 4.69) is 5.32 Å². The van der Waals surface area contributed by atoms with Crippen molar-refractivity contribution in [1.82, 2.24) is 4.90 Å². The number of benzene rings is 2. The number of anilines is 1. The maximum atomic E-state index is 12.5. The van der Waals surface area contributed by atoms with Crippen LogP contribution in [-0.2, 0) is 9.59 Å². The topological polar surface area (TPSA) is 110 Å². The number of nitrogens with one attached hydrogen (secondary N) is 1. The van der Waals surface area contributed by atoms with Crippen molar-refractivity contribution in [2.45, 2.75) is 13.3 Å². The normalized spacial score (nSPS) is 15.1. The zero-order valence-electron chi connectivity index (χ0n) is 15.5. The predicted molar refractivity (Wildman–Crippen MR) is 110 cm³/mol. The lowest BCUT2D eigenvalue weighted by molar-refractivity contribution is -0.384. The Morgan fingerprint density at radius 2 is 1.93 bits per heavy atom. The summed E-state index contributed by atoms with van der Waals surface area (Å²) in [5.74, 6) is -0.829. The van der Waals surface area contributed by atoms with E-state index in [1.165, 1.54) is 24.3 Å². The van der Waals surface area contributed by atoms with Gasteiger partial charge in [-0.3, -0.25) is 29.4 Å². The van der Waals surface area contributed by atoms with Crippen molar-refractivity contribution < 1.29 is 19.3 Å². The Morgan fingerprint density at radius 1 is 1.21 bits per heavy atom. The summed E-state index contributed by atoms with van der Waals surface area (Å²) in [6.07, 6.45) is 1.40. The van der Waals surface area contributed by atoms with E-state index in [0.717, 1.165) is 22.2 Å². The number of amides is 3. The molecule has 0 aliphatic carbocycles. The third-order valence-electron chi connectivity index (χ3n) is 4.15. The molecule has 1 aliphatic rings. The van der Waals surface area contributed by atoms with Gasteiger partial charge in [0.2, 0.25) is 5.91 Å². The number of rotatable bonds is 6. The average Bonchev–Trinajstić information content (AvgIpc) is 2.95. The Morgan fingerprint density at radius 3 is 2.62 bits per heavy atom. The zero-order valence-corrected chi connectivity index (χ0v) is 16.3. The van der Waals surface area contributed by atoms with Crippen LogP contribution in [0.3, 0.4) is 0 Å². The van der Waals surface area contributed by atoms with Gasteiger partial charge in [-0.05, 0) is 42.5 Å². The molecule has 1 heterocycles. The highest BCUT2D eigenvalue weighted by Gasteiger charge is 2.35. The number of carbonyl (C=O) groups is 3. The second-order valence-electron chi connectivity index (χ2n) is 6.35. The molecule has 9 heteroatoms. The number of hydrogen-bond donors (Lipinski definition) is 1. The van der Waals surface area contributed by atoms with Gasteiger partial charge >= 0.3 is 0 Å². The second-order valence-corrected chi connectivity index (χ2v) is 7.34. The number of carbonyl (C=O) groups excluding carboxylic acids is 3. The molecule has 0 unspecified atom stereocenters. The van der Waals surface area contributed by atoms with Crippen molar-refractivity contribution in [3.05, 3.63) is 74.7 Å². The number of imide groups is 1. The van der Waals surface area contributed by atoms with E-state index in [0.29, 0.717) is 11.3 Å². The Kier molecular flexibility index (Phi) is 6.08. The molecule has 1 N–H and O–H groups in total. The van der Waals surface area contributed by atoms with Crippen LogP contribution in [0.4, 0.5) is 16.2 Å². The van der Waals surface area contributed by atoms with Crippen molar-refractivity contribution in [2.75, 3.05) is 11.9 Å². The fourth-order valence-corrected chi connectivity index (χ4v) is 3.51. The number of nitrogens with zero attached hydrogens (tertiary/aromatic N) is 2. The fraction of sp³-hybridized carbons (Fsp3) is 0.150. The molecular weight excluding hydrogens is 394 g/mol. The van der Waals surface area contributed by atoms with Crippen molar-refractivity contribution in [2.24, 2.45) is 0 Å². The molecule has 29 heavy (non-hydrogen) atoms. The molecule has 0 spiro atoms. The molecule has 2 aromatic carbocycles. The molecule has 0 atom stereocenters. The van der Waals surface area contributed by atoms with E-state index < -0.39 is 16.1 Å². The number of nitro benzene ring substituents is 1. The largest absolute Gasteiger partial charge is 0.326 e. The number of aryl methyl sites for hydroxylation is 1. The van der Waals surface area contributed by atoms with Crippen LogP contribution in [-0.4, -0.2) is 33.4 Å². The minimum atomic E-state index is -0.532. The lowest BCUT2D eigenvalue weighted by Crippen LogP contribution is -2.31. The molecule has 0 saturated carbocycles. The SMILES string of the molecule is Cc1ccc(NC(=O)CCN2C(=O)S/C(=C/c3cccc([N+](=O)[O-])c3)C2=O)cc1. The molecule has 3 rings (SSSR count). The Balaban J connectivity index is 1.63. The van der Waals surface area contributed by atoms with Crippen LogP contribution in [0.2, 0.25) is 0 Å². The number of thioether (sulfide) groups is 1. The Hall–Kier alpha value is -3.46. The van der Waals surface area contributed by atoms with Crippen LogP contribution in [0.25, 0.3) is 6.08 Å². The summed E-state index contributed by atoms with van der Waals surface area (Å²) in [7, 11) is 0. The van der Waals surface area contributed by atoms with Gasteiger partial charge in [0, 0.05) is 30.8 Å². The molecule has 3 amide bonds. The average molecular weight is 411 g/mol. The number of hydrogen-bond acceptors (Lipinski definition) is 6. The summed E-state index contributed by atoms with van der Waals surface area (Å²) in [6.45, 7) is 1.89.